The van der Waals surface area contributed by atoms with Gasteiger partial charge in [0.2, 0.25) is 5.88 Å². The molecule has 26 heavy (non-hydrogen) atoms. The fraction of sp³-hybridized carbons (Fsp3) is 0.444. The van der Waals surface area contributed by atoms with Crippen molar-refractivity contribution < 1.29 is 14.3 Å². The van der Waals surface area contributed by atoms with E-state index in [0.717, 1.165) is 25.9 Å². The summed E-state index contributed by atoms with van der Waals surface area (Å²) in [5.74, 6) is 0.327. The highest BCUT2D eigenvalue weighted by Gasteiger charge is 2.20. The summed E-state index contributed by atoms with van der Waals surface area (Å²) in [4.78, 5) is 16.1. The molecule has 3 rings (SSSR count). The molecule has 1 amide bonds. The second kappa shape index (κ2) is 8.75. The Bertz CT molecular complexity index is 793. The van der Waals surface area contributed by atoms with E-state index in [1.54, 1.807) is 12.1 Å². The van der Waals surface area contributed by atoms with Crippen molar-refractivity contribution in [3.63, 3.8) is 0 Å². The highest BCUT2D eigenvalue weighted by Crippen LogP contribution is 2.35. The van der Waals surface area contributed by atoms with Gasteiger partial charge in [0.1, 0.15) is 11.9 Å². The van der Waals surface area contributed by atoms with Crippen LogP contribution in [0.2, 0.25) is 5.02 Å². The second-order valence-electron chi connectivity index (χ2n) is 6.42. The average molecular weight is 400 g/mol. The number of primary amides is 1. The zero-order chi connectivity index (χ0) is 18.0. The standard InChI is InChI=1S/C18H22ClN3O3.ClH/c1-10(2)24-16-7-13-12(6-14(16)17(20)23)15(19)9-22-18(13)25-11-4-3-5-21-8-11;/h6-7,9-11,21H,3-5,8H2,1-2H3,(H2,20,23);1H/t11-;/m1./s1. The summed E-state index contributed by atoms with van der Waals surface area (Å²) >= 11 is 6.28. The molecule has 0 bridgehead atoms. The topological polar surface area (TPSA) is 86.5 Å². The van der Waals surface area contributed by atoms with Crippen LogP contribution in [-0.2, 0) is 0 Å². The summed E-state index contributed by atoms with van der Waals surface area (Å²) < 4.78 is 11.8. The van der Waals surface area contributed by atoms with E-state index in [1.165, 1.54) is 6.20 Å². The summed E-state index contributed by atoms with van der Waals surface area (Å²) in [6, 6.07) is 3.38. The van der Waals surface area contributed by atoms with Crippen molar-refractivity contribution in [3.05, 3.63) is 28.9 Å². The lowest BCUT2D eigenvalue weighted by atomic mass is 10.1. The molecule has 2 aromatic rings. The molecule has 6 nitrogen and oxygen atoms in total. The lowest BCUT2D eigenvalue weighted by Crippen LogP contribution is -2.37. The van der Waals surface area contributed by atoms with E-state index in [4.69, 9.17) is 26.8 Å². The molecular weight excluding hydrogens is 377 g/mol. The first-order valence-electron chi connectivity index (χ1n) is 8.41. The van der Waals surface area contributed by atoms with Crippen molar-refractivity contribution in [3.8, 4) is 11.6 Å². The molecule has 1 aliphatic heterocycles. The van der Waals surface area contributed by atoms with Crippen LogP contribution >= 0.6 is 24.0 Å². The molecule has 1 atom stereocenters. The number of halogens is 2. The van der Waals surface area contributed by atoms with Crippen LogP contribution in [-0.4, -0.2) is 36.2 Å². The Morgan fingerprint density at radius 3 is 2.77 bits per heavy atom. The maximum Gasteiger partial charge on any atom is 0.252 e. The Hall–Kier alpha value is -1.76. The zero-order valence-corrected chi connectivity index (χ0v) is 16.3. The first-order chi connectivity index (χ1) is 12.0. The van der Waals surface area contributed by atoms with Crippen LogP contribution in [0.4, 0.5) is 0 Å². The van der Waals surface area contributed by atoms with Crippen LogP contribution in [0.3, 0.4) is 0 Å². The fourth-order valence-corrected chi connectivity index (χ4v) is 3.13. The van der Waals surface area contributed by atoms with Gasteiger partial charge in [0.25, 0.3) is 5.91 Å². The number of nitrogens with one attached hydrogen (secondary N) is 1. The summed E-state index contributed by atoms with van der Waals surface area (Å²) in [5.41, 5.74) is 5.79. The quantitative estimate of drug-likeness (QED) is 0.804. The van der Waals surface area contributed by atoms with E-state index in [-0.39, 0.29) is 24.6 Å². The lowest BCUT2D eigenvalue weighted by molar-refractivity contribution is 0.0994. The average Bonchev–Trinajstić information content (AvgIpc) is 2.57. The van der Waals surface area contributed by atoms with Gasteiger partial charge in [-0.15, -0.1) is 12.4 Å². The van der Waals surface area contributed by atoms with Crippen LogP contribution in [0.15, 0.2) is 18.3 Å². The summed E-state index contributed by atoms with van der Waals surface area (Å²) in [7, 11) is 0. The maximum absolute atomic E-state index is 11.8. The minimum absolute atomic E-state index is 0. The Kier molecular flexibility index (Phi) is 6.92. The third kappa shape index (κ3) is 4.50. The van der Waals surface area contributed by atoms with E-state index in [0.29, 0.717) is 33.0 Å². The zero-order valence-electron chi connectivity index (χ0n) is 14.8. The lowest BCUT2D eigenvalue weighted by Gasteiger charge is -2.24. The summed E-state index contributed by atoms with van der Waals surface area (Å²) in [6.07, 6.45) is 3.51. The number of piperidine rings is 1. The summed E-state index contributed by atoms with van der Waals surface area (Å²) in [5, 5.41) is 5.12. The molecule has 0 aliphatic carbocycles. The molecule has 1 aromatic heterocycles. The Labute approximate surface area is 163 Å². The minimum atomic E-state index is -0.565. The van der Waals surface area contributed by atoms with Gasteiger partial charge in [-0.1, -0.05) is 11.6 Å². The van der Waals surface area contributed by atoms with Crippen molar-refractivity contribution in [1.29, 1.82) is 0 Å². The van der Waals surface area contributed by atoms with Crippen molar-refractivity contribution in [2.24, 2.45) is 5.73 Å². The van der Waals surface area contributed by atoms with Gasteiger partial charge < -0.3 is 20.5 Å². The number of nitrogens with zero attached hydrogens (tertiary/aromatic N) is 1. The highest BCUT2D eigenvalue weighted by molar-refractivity contribution is 6.35. The number of rotatable bonds is 5. The molecule has 1 aromatic carbocycles. The summed E-state index contributed by atoms with van der Waals surface area (Å²) in [6.45, 7) is 5.55. The molecule has 1 aliphatic rings. The van der Waals surface area contributed by atoms with Gasteiger partial charge in [0.05, 0.1) is 22.9 Å². The molecule has 8 heteroatoms. The Morgan fingerprint density at radius 1 is 1.38 bits per heavy atom. The predicted octanol–water partition coefficient (Wildman–Crippen LogP) is 3.33. The van der Waals surface area contributed by atoms with E-state index in [1.807, 2.05) is 13.8 Å². The first kappa shape index (κ1) is 20.6. The molecule has 0 spiro atoms. The second-order valence-corrected chi connectivity index (χ2v) is 6.83. The van der Waals surface area contributed by atoms with Crippen molar-refractivity contribution in [1.82, 2.24) is 10.3 Å². The number of aromatic nitrogens is 1. The maximum atomic E-state index is 11.8. The van der Waals surface area contributed by atoms with Crippen LogP contribution < -0.4 is 20.5 Å². The molecule has 142 valence electrons. The van der Waals surface area contributed by atoms with Crippen molar-refractivity contribution in [2.45, 2.75) is 38.9 Å². The molecule has 1 fully saturated rings. The third-order valence-electron chi connectivity index (χ3n) is 4.06. The van der Waals surface area contributed by atoms with Crippen LogP contribution in [0.25, 0.3) is 10.8 Å². The van der Waals surface area contributed by atoms with Gasteiger partial charge in [-0.2, -0.15) is 0 Å². The molecular formula is C18H23Cl2N3O3. The van der Waals surface area contributed by atoms with Crippen molar-refractivity contribution >= 4 is 40.7 Å². The van der Waals surface area contributed by atoms with Gasteiger partial charge in [0.15, 0.2) is 0 Å². The third-order valence-corrected chi connectivity index (χ3v) is 4.36. The Morgan fingerprint density at radius 2 is 2.15 bits per heavy atom. The number of hydrogen-bond acceptors (Lipinski definition) is 5. The van der Waals surface area contributed by atoms with E-state index in [2.05, 4.69) is 10.3 Å². The van der Waals surface area contributed by atoms with Gasteiger partial charge >= 0.3 is 0 Å². The largest absolute Gasteiger partial charge is 0.490 e. The molecule has 0 unspecified atom stereocenters. The number of carbonyl (C=O) groups is 1. The molecule has 2 heterocycles. The molecule has 1 saturated heterocycles. The fourth-order valence-electron chi connectivity index (χ4n) is 2.92. The number of ether oxygens (including phenoxy) is 2. The SMILES string of the molecule is CC(C)Oc1cc2c(O[C@@H]3CCCNC3)ncc(Cl)c2cc1C(N)=O.Cl. The number of amides is 1. The monoisotopic (exact) mass is 399 g/mol. The molecule has 3 N–H and O–H groups in total. The predicted molar refractivity (Wildman–Crippen MR) is 105 cm³/mol. The van der Waals surface area contributed by atoms with Gasteiger partial charge in [-0.3, -0.25) is 4.79 Å². The van der Waals surface area contributed by atoms with E-state index >= 15 is 0 Å². The van der Waals surface area contributed by atoms with Crippen molar-refractivity contribution in [2.75, 3.05) is 13.1 Å². The minimum Gasteiger partial charge on any atom is -0.490 e. The Balaban J connectivity index is 0.00000243. The number of pyridine rings is 1. The van der Waals surface area contributed by atoms with Crippen LogP contribution in [0, 0.1) is 0 Å². The number of carbonyl (C=O) groups excluding carboxylic acids is 1. The number of benzene rings is 1. The van der Waals surface area contributed by atoms with E-state index < -0.39 is 5.91 Å². The number of nitrogens with two attached hydrogens (primary N) is 1. The van der Waals surface area contributed by atoms with Gasteiger partial charge in [-0.05, 0) is 45.4 Å². The van der Waals surface area contributed by atoms with Gasteiger partial charge in [-0.25, -0.2) is 4.98 Å². The van der Waals surface area contributed by atoms with Crippen LogP contribution in [0.5, 0.6) is 11.6 Å². The first-order valence-corrected chi connectivity index (χ1v) is 8.79. The van der Waals surface area contributed by atoms with Crippen LogP contribution in [0.1, 0.15) is 37.0 Å². The van der Waals surface area contributed by atoms with Gasteiger partial charge in [0, 0.05) is 17.3 Å². The highest BCUT2D eigenvalue weighted by atomic mass is 35.5. The normalized spacial score (nSPS) is 17.0. The number of hydrogen-bond donors (Lipinski definition) is 2. The number of fused-ring (bicyclic) bond motifs is 1. The molecule has 0 saturated carbocycles. The molecule has 0 radical (unpaired) electrons. The smallest absolute Gasteiger partial charge is 0.252 e. The van der Waals surface area contributed by atoms with E-state index in [9.17, 15) is 4.79 Å².